The molecule has 2 amide bonds. The zero-order valence-corrected chi connectivity index (χ0v) is 28.3. The number of hydrogen-bond acceptors (Lipinski definition) is 11. The molecule has 4 N–H and O–H groups in total. The van der Waals surface area contributed by atoms with Crippen LogP contribution < -0.4 is 10.6 Å². The molecule has 16 heteroatoms. The number of nitrogens with zero attached hydrogens (tertiary/aromatic N) is 3. The van der Waals surface area contributed by atoms with Gasteiger partial charge in [-0.15, -0.1) is 23.1 Å². The highest BCUT2D eigenvalue weighted by molar-refractivity contribution is 8.00. The van der Waals surface area contributed by atoms with Crippen LogP contribution in [0.4, 0.5) is 5.13 Å². The van der Waals surface area contributed by atoms with E-state index in [-0.39, 0.29) is 10.00 Å². The molecular formula is C32H31N5O8S3. The summed E-state index contributed by atoms with van der Waals surface area (Å²) in [6, 6.07) is 27.8. The van der Waals surface area contributed by atoms with Gasteiger partial charge in [0.05, 0.1) is 0 Å². The number of aliphatic carboxylic acids is 1. The van der Waals surface area contributed by atoms with Gasteiger partial charge in [0, 0.05) is 5.38 Å². The number of aromatic nitrogens is 1. The molecule has 0 saturated carbocycles. The summed E-state index contributed by atoms with van der Waals surface area (Å²) in [5, 5.41) is 20.2. The Balaban J connectivity index is 1.56. The lowest BCUT2D eigenvalue weighted by Gasteiger charge is -2.42. The van der Waals surface area contributed by atoms with Gasteiger partial charge in [-0.1, -0.05) is 96.2 Å². The molecule has 1 aliphatic heterocycles. The second-order valence-electron chi connectivity index (χ2n) is 11.0. The van der Waals surface area contributed by atoms with Crippen molar-refractivity contribution in [2.45, 2.75) is 36.4 Å². The Kier molecular flexibility index (Phi) is 9.91. The van der Waals surface area contributed by atoms with Crippen molar-refractivity contribution in [2.75, 3.05) is 11.6 Å². The molecule has 1 aliphatic rings. The number of carbonyl (C=O) groups excluding carboxylic acids is 2. The van der Waals surface area contributed by atoms with Crippen molar-refractivity contribution in [3.05, 3.63) is 119 Å². The van der Waals surface area contributed by atoms with E-state index in [2.05, 4.69) is 20.8 Å². The first-order valence-corrected chi connectivity index (χ1v) is 17.9. The zero-order chi connectivity index (χ0) is 34.7. The number of anilines is 1. The number of carboxylic acid groups (broad SMARTS) is 1. The Morgan fingerprint density at radius 3 is 1.90 bits per heavy atom. The number of thiazole rings is 1. The number of carbonyl (C=O) groups is 3. The van der Waals surface area contributed by atoms with Crippen LogP contribution in [0, 0.1) is 0 Å². The number of β-lactam (4-membered cyclic amide) rings is 1. The number of carboxylic acids is 1. The molecule has 0 spiro atoms. The summed E-state index contributed by atoms with van der Waals surface area (Å²) in [6.07, 6.45) is 1.50. The van der Waals surface area contributed by atoms with Gasteiger partial charge in [-0.05, 0) is 36.8 Å². The van der Waals surface area contributed by atoms with E-state index in [9.17, 15) is 32.5 Å². The molecule has 4 aromatic rings. The Morgan fingerprint density at radius 1 is 0.958 bits per heavy atom. The van der Waals surface area contributed by atoms with Crippen LogP contribution in [-0.4, -0.2) is 74.1 Å². The molecule has 13 nitrogen and oxygen atoms in total. The number of amides is 2. The minimum absolute atomic E-state index is 0.0108. The molecule has 1 fully saturated rings. The van der Waals surface area contributed by atoms with Crippen molar-refractivity contribution in [1.29, 1.82) is 0 Å². The second kappa shape index (κ2) is 13.8. The molecule has 3 aromatic carbocycles. The Morgan fingerprint density at radius 2 is 1.46 bits per heavy atom. The third-order valence-electron chi connectivity index (χ3n) is 7.53. The van der Waals surface area contributed by atoms with Crippen LogP contribution in [0.15, 0.2) is 102 Å². The summed E-state index contributed by atoms with van der Waals surface area (Å²) in [5.41, 5.74) is -0.586. The Hall–Kier alpha value is -4.77. The van der Waals surface area contributed by atoms with Gasteiger partial charge in [-0.25, -0.2) is 9.78 Å². The van der Waals surface area contributed by atoms with E-state index < -0.39 is 56.4 Å². The second-order valence-corrected chi connectivity index (χ2v) is 14.1. The molecule has 0 aliphatic carbocycles. The van der Waals surface area contributed by atoms with E-state index in [4.69, 9.17) is 4.84 Å². The lowest BCUT2D eigenvalue weighted by atomic mass is 9.77. The molecule has 2 atom stereocenters. The highest BCUT2D eigenvalue weighted by atomic mass is 32.2. The van der Waals surface area contributed by atoms with Crippen LogP contribution in [0.1, 0.15) is 36.2 Å². The van der Waals surface area contributed by atoms with Gasteiger partial charge in [-0.3, -0.25) is 14.1 Å². The first-order chi connectivity index (χ1) is 22.8. The van der Waals surface area contributed by atoms with E-state index in [1.54, 1.807) is 0 Å². The van der Waals surface area contributed by atoms with Gasteiger partial charge in [0.1, 0.15) is 22.6 Å². The molecule has 250 valence electrons. The van der Waals surface area contributed by atoms with Crippen LogP contribution in [-0.2, 0) is 35.1 Å². The van der Waals surface area contributed by atoms with Crippen LogP contribution in [0.5, 0.6) is 0 Å². The summed E-state index contributed by atoms with van der Waals surface area (Å²) < 4.78 is 33.1. The van der Waals surface area contributed by atoms with E-state index in [1.807, 2.05) is 91.0 Å². The predicted octanol–water partition coefficient (Wildman–Crippen LogP) is 3.95. The number of oxime groups is 1. The third kappa shape index (κ3) is 6.78. The highest BCUT2D eigenvalue weighted by Crippen LogP contribution is 2.40. The largest absolute Gasteiger partial charge is 0.478 e. The summed E-state index contributed by atoms with van der Waals surface area (Å²) in [6.45, 7) is 2.47. The van der Waals surface area contributed by atoms with E-state index in [1.165, 1.54) is 25.5 Å². The third-order valence-corrected chi connectivity index (χ3v) is 10.3. The van der Waals surface area contributed by atoms with Gasteiger partial charge in [0.2, 0.25) is 5.60 Å². The highest BCUT2D eigenvalue weighted by Gasteiger charge is 2.54. The number of rotatable bonds is 13. The quantitative estimate of drug-likeness (QED) is 0.0518. The fourth-order valence-electron chi connectivity index (χ4n) is 5.04. The van der Waals surface area contributed by atoms with Gasteiger partial charge < -0.3 is 20.6 Å². The number of thioether (sulfide) groups is 1. The Bertz CT molecular complexity index is 1840. The maximum Gasteiger partial charge on any atom is 0.363 e. The Labute approximate surface area is 284 Å². The fourth-order valence-corrected chi connectivity index (χ4v) is 7.85. The number of nitrogens with one attached hydrogen (secondary N) is 2. The molecule has 0 unspecified atom stereocenters. The van der Waals surface area contributed by atoms with E-state index in [0.29, 0.717) is 5.13 Å². The summed E-state index contributed by atoms with van der Waals surface area (Å²) in [7, 11) is -4.87. The van der Waals surface area contributed by atoms with E-state index >= 15 is 0 Å². The molecule has 5 rings (SSSR count). The van der Waals surface area contributed by atoms with Crippen molar-refractivity contribution >= 4 is 62.0 Å². The van der Waals surface area contributed by atoms with Crippen molar-refractivity contribution in [1.82, 2.24) is 14.6 Å². The first kappa shape index (κ1) is 34.6. The fraction of sp³-hybridized carbons (Fsp3) is 0.219. The SMILES string of the molecule is CS[C@@H]1[C@H](NC(=O)C(=NOC(C)(C)C(=O)O)c2csc(NC(c3ccccc3)(c3ccccc3)c3ccccc3)n2)C(=O)N1S(=O)(=O)O. The van der Waals surface area contributed by atoms with Crippen molar-refractivity contribution in [3.63, 3.8) is 0 Å². The minimum atomic E-state index is -4.87. The lowest BCUT2D eigenvalue weighted by molar-refractivity contribution is -0.161. The van der Waals surface area contributed by atoms with Gasteiger partial charge in [0.15, 0.2) is 10.8 Å². The van der Waals surface area contributed by atoms with Crippen LogP contribution in [0.2, 0.25) is 0 Å². The maximum absolute atomic E-state index is 13.6. The monoisotopic (exact) mass is 709 g/mol. The number of benzene rings is 3. The standard InChI is InChI=1S/C32H31N5O8S3/c1-31(2,29(40)41)45-36-24(26(38)34-25-27(39)37(28(25)46-3)48(42,43)44)23-19-47-30(33-23)35-32(20-13-7-4-8-14-20,21-15-9-5-10-16-21)22-17-11-6-12-18-22/h4-19,25,28H,1-3H3,(H,33,35)(H,34,38)(H,40,41)(H,42,43,44)/t25-,28-/m1/s1. The first-order valence-electron chi connectivity index (χ1n) is 14.3. The molecule has 0 radical (unpaired) electrons. The maximum atomic E-state index is 13.6. The summed E-state index contributed by atoms with van der Waals surface area (Å²) in [4.78, 5) is 47.9. The average Bonchev–Trinajstić information content (AvgIpc) is 3.53. The zero-order valence-electron chi connectivity index (χ0n) is 25.8. The van der Waals surface area contributed by atoms with Crippen LogP contribution in [0.25, 0.3) is 0 Å². The minimum Gasteiger partial charge on any atom is -0.478 e. The van der Waals surface area contributed by atoms with Crippen LogP contribution >= 0.6 is 23.1 Å². The topological polar surface area (TPSA) is 188 Å². The van der Waals surface area contributed by atoms with Gasteiger partial charge in [0.25, 0.3) is 11.8 Å². The lowest BCUT2D eigenvalue weighted by Crippen LogP contribution is -2.71. The predicted molar refractivity (Wildman–Crippen MR) is 182 cm³/mol. The summed E-state index contributed by atoms with van der Waals surface area (Å²) >= 11 is 2.06. The molecule has 1 saturated heterocycles. The summed E-state index contributed by atoms with van der Waals surface area (Å²) in [5.74, 6) is -3.40. The van der Waals surface area contributed by atoms with Gasteiger partial charge >= 0.3 is 16.3 Å². The van der Waals surface area contributed by atoms with E-state index in [0.717, 1.165) is 39.8 Å². The molecule has 0 bridgehead atoms. The molecule has 1 aromatic heterocycles. The van der Waals surface area contributed by atoms with Crippen LogP contribution in [0.3, 0.4) is 0 Å². The number of hydrogen-bond donors (Lipinski definition) is 4. The average molecular weight is 710 g/mol. The van der Waals surface area contributed by atoms with Crippen molar-refractivity contribution in [2.24, 2.45) is 5.16 Å². The van der Waals surface area contributed by atoms with Gasteiger partial charge in [-0.2, -0.15) is 12.7 Å². The molecular weight excluding hydrogens is 679 g/mol. The molecule has 48 heavy (non-hydrogen) atoms. The van der Waals surface area contributed by atoms with Crippen molar-refractivity contribution < 1.29 is 37.3 Å². The molecule has 2 heterocycles. The van der Waals surface area contributed by atoms with Crippen molar-refractivity contribution in [3.8, 4) is 0 Å². The smallest absolute Gasteiger partial charge is 0.363 e. The normalized spacial score (nSPS) is 17.0.